The third-order valence-corrected chi connectivity index (χ3v) is 3.91. The molecule has 2 nitrogen and oxygen atoms in total. The van der Waals surface area contributed by atoms with E-state index in [1.807, 2.05) is 38.1 Å². The topological polar surface area (TPSA) is 37.3 Å². The lowest BCUT2D eigenvalue weighted by molar-refractivity contribution is 0.604. The first-order valence-corrected chi connectivity index (χ1v) is 8.95. The lowest BCUT2D eigenvalue weighted by atomic mass is 9.98. The molecule has 0 amide bonds. The largest absolute Gasteiger partial charge is 0.360 e. The lowest BCUT2D eigenvalue weighted by Gasteiger charge is -2.05. The molecule has 4 rings (SSSR count). The van der Waals surface area contributed by atoms with Gasteiger partial charge in [-0.3, -0.25) is 0 Å². The van der Waals surface area contributed by atoms with Crippen LogP contribution in [0.5, 0.6) is 0 Å². The molecule has 0 spiro atoms. The van der Waals surface area contributed by atoms with Crippen LogP contribution in [-0.4, -0.2) is 7.05 Å². The molecule has 0 aliphatic rings. The Hall–Kier alpha value is -2.97. The van der Waals surface area contributed by atoms with Crippen LogP contribution in [0.4, 0.5) is 0 Å². The maximum absolute atomic E-state index is 5.57. The molecule has 132 valence electrons. The van der Waals surface area contributed by atoms with Crippen molar-refractivity contribution in [3.63, 3.8) is 0 Å². The average molecular weight is 344 g/mol. The molecular formula is C24H26NO+. The highest BCUT2D eigenvalue weighted by molar-refractivity contribution is 5.93. The van der Waals surface area contributed by atoms with Crippen LogP contribution in [-0.2, 0) is 0 Å². The van der Waals surface area contributed by atoms with Gasteiger partial charge in [0.25, 0.3) is 0 Å². The molecule has 0 unspecified atom stereocenters. The Morgan fingerprint density at radius 1 is 0.577 bits per heavy atom. The van der Waals surface area contributed by atoms with Crippen LogP contribution in [0.2, 0.25) is 0 Å². The Morgan fingerprint density at radius 2 is 1.19 bits per heavy atom. The van der Waals surface area contributed by atoms with Crippen molar-refractivity contribution in [1.29, 1.82) is 0 Å². The molecule has 0 saturated carbocycles. The van der Waals surface area contributed by atoms with Crippen molar-refractivity contribution in [1.82, 2.24) is 0 Å². The van der Waals surface area contributed by atoms with Gasteiger partial charge < -0.3 is 5.73 Å². The van der Waals surface area contributed by atoms with Crippen molar-refractivity contribution in [3.8, 4) is 22.3 Å². The fourth-order valence-corrected chi connectivity index (χ4v) is 2.79. The molecule has 0 aliphatic heterocycles. The Labute approximate surface area is 155 Å². The average Bonchev–Trinajstić information content (AvgIpc) is 2.77. The molecule has 2 N–H and O–H groups in total. The van der Waals surface area contributed by atoms with Crippen molar-refractivity contribution in [2.75, 3.05) is 7.05 Å². The number of benzene rings is 3. The minimum absolute atomic E-state index is 0.909. The first kappa shape index (κ1) is 19.4. The van der Waals surface area contributed by atoms with Crippen molar-refractivity contribution < 1.29 is 4.42 Å². The predicted octanol–water partition coefficient (Wildman–Crippen LogP) is 6.65. The standard InChI is InChI=1S/C21H15O.C2H6.CH5N/c1-2-6-16(7-3-1)17-11-13-18(14-12-17)19-8-4-10-21-20(19)9-5-15-22-21;2*1-2/h1-15H;1-2H3;2H2,1H3/q+1;;. The molecule has 1 aromatic heterocycles. The van der Waals surface area contributed by atoms with Crippen molar-refractivity contribution in [3.05, 3.63) is 91.2 Å². The first-order valence-electron chi connectivity index (χ1n) is 8.95. The van der Waals surface area contributed by atoms with Crippen molar-refractivity contribution in [2.45, 2.75) is 13.8 Å². The second-order valence-electron chi connectivity index (χ2n) is 5.27. The number of nitrogens with two attached hydrogens (primary N) is 1. The van der Waals surface area contributed by atoms with Crippen molar-refractivity contribution in [2.24, 2.45) is 5.73 Å². The minimum Gasteiger partial charge on any atom is -0.333 e. The fourth-order valence-electron chi connectivity index (χ4n) is 2.79. The van der Waals surface area contributed by atoms with E-state index in [2.05, 4.69) is 66.4 Å². The van der Waals surface area contributed by atoms with Crippen LogP contribution in [0.1, 0.15) is 13.8 Å². The van der Waals surface area contributed by atoms with Crippen LogP contribution in [0.25, 0.3) is 33.2 Å². The summed E-state index contributed by atoms with van der Waals surface area (Å²) in [6, 6.07) is 29.3. The summed E-state index contributed by atoms with van der Waals surface area (Å²) < 4.78 is 5.57. The second-order valence-corrected chi connectivity index (χ2v) is 5.27. The Balaban J connectivity index is 0.000000570. The zero-order valence-electron chi connectivity index (χ0n) is 15.6. The lowest BCUT2D eigenvalue weighted by Crippen LogP contribution is -1.82. The van der Waals surface area contributed by atoms with Gasteiger partial charge in [0.1, 0.15) is 0 Å². The van der Waals surface area contributed by atoms with Gasteiger partial charge >= 0.3 is 11.8 Å². The summed E-state index contributed by atoms with van der Waals surface area (Å²) in [5, 5.41) is 1.14. The smallest absolute Gasteiger partial charge is 0.333 e. The minimum atomic E-state index is 0.909. The maximum atomic E-state index is 5.57. The molecule has 0 aliphatic carbocycles. The molecule has 4 aromatic rings. The van der Waals surface area contributed by atoms with E-state index in [0.29, 0.717) is 0 Å². The SMILES string of the molecule is CC.CN.c1ccc(-c2ccc(-c3cccc4[o+]cccc34)cc2)cc1. The van der Waals surface area contributed by atoms with Crippen molar-refractivity contribution >= 4 is 11.0 Å². The van der Waals surface area contributed by atoms with Crippen LogP contribution in [0.15, 0.2) is 95.6 Å². The van der Waals surface area contributed by atoms with Crippen LogP contribution < -0.4 is 5.73 Å². The van der Waals surface area contributed by atoms with Gasteiger partial charge in [-0.2, -0.15) is 0 Å². The molecule has 2 heteroatoms. The van der Waals surface area contributed by atoms with E-state index in [1.165, 1.54) is 29.3 Å². The third kappa shape index (κ3) is 4.35. The molecule has 1 heterocycles. The van der Waals surface area contributed by atoms with E-state index in [1.54, 1.807) is 6.26 Å². The van der Waals surface area contributed by atoms with Gasteiger partial charge in [0, 0.05) is 12.1 Å². The number of hydrogen-bond donors (Lipinski definition) is 1. The van der Waals surface area contributed by atoms with Gasteiger partial charge in [-0.05, 0) is 35.4 Å². The van der Waals surface area contributed by atoms with Gasteiger partial charge in [0.15, 0.2) is 0 Å². The zero-order valence-corrected chi connectivity index (χ0v) is 15.6. The highest BCUT2D eigenvalue weighted by Gasteiger charge is 2.10. The second kappa shape index (κ2) is 10.1. The predicted molar refractivity (Wildman–Crippen MR) is 113 cm³/mol. The molecule has 26 heavy (non-hydrogen) atoms. The maximum Gasteiger partial charge on any atom is 0.360 e. The molecule has 0 radical (unpaired) electrons. The van der Waals surface area contributed by atoms with Gasteiger partial charge in [0.05, 0.1) is 5.39 Å². The van der Waals surface area contributed by atoms with Gasteiger partial charge in [0.2, 0.25) is 0 Å². The molecule has 0 bridgehead atoms. The van der Waals surface area contributed by atoms with E-state index >= 15 is 0 Å². The monoisotopic (exact) mass is 344 g/mol. The van der Waals surface area contributed by atoms with Gasteiger partial charge in [-0.1, -0.05) is 80.6 Å². The molecule has 0 atom stereocenters. The molecule has 0 fully saturated rings. The Morgan fingerprint density at radius 3 is 1.88 bits per heavy atom. The first-order chi connectivity index (χ1) is 12.9. The number of fused-ring (bicyclic) bond motifs is 1. The quantitative estimate of drug-likeness (QED) is 0.413. The number of hydrogen-bond acceptors (Lipinski definition) is 1. The van der Waals surface area contributed by atoms with Gasteiger partial charge in [-0.25, -0.2) is 4.42 Å². The molecule has 3 aromatic carbocycles. The summed E-state index contributed by atoms with van der Waals surface area (Å²) >= 11 is 0. The Bertz CT molecular complexity index is 910. The van der Waals surface area contributed by atoms with Crippen LogP contribution in [0.3, 0.4) is 0 Å². The van der Waals surface area contributed by atoms with E-state index in [0.717, 1.165) is 11.0 Å². The van der Waals surface area contributed by atoms with E-state index in [4.69, 9.17) is 4.42 Å². The Kier molecular flexibility index (Phi) is 7.53. The van der Waals surface area contributed by atoms with E-state index < -0.39 is 0 Å². The zero-order chi connectivity index (χ0) is 18.8. The highest BCUT2D eigenvalue weighted by atomic mass is 16.3. The van der Waals surface area contributed by atoms with E-state index in [-0.39, 0.29) is 0 Å². The van der Waals surface area contributed by atoms with E-state index in [9.17, 15) is 0 Å². The summed E-state index contributed by atoms with van der Waals surface area (Å²) in [5.74, 6) is 0. The van der Waals surface area contributed by atoms with Gasteiger partial charge in [-0.15, -0.1) is 0 Å². The molecule has 0 saturated heterocycles. The summed E-state index contributed by atoms with van der Waals surface area (Å²) in [7, 11) is 1.50. The highest BCUT2D eigenvalue weighted by Crippen LogP contribution is 2.30. The fraction of sp³-hybridized carbons (Fsp3) is 0.125. The normalized spacial score (nSPS) is 9.54. The third-order valence-electron chi connectivity index (χ3n) is 3.91. The van der Waals surface area contributed by atoms with Crippen LogP contribution >= 0.6 is 0 Å². The number of rotatable bonds is 2. The summed E-state index contributed by atoms with van der Waals surface area (Å²) in [6.45, 7) is 4.00. The summed E-state index contributed by atoms with van der Waals surface area (Å²) in [4.78, 5) is 0. The summed E-state index contributed by atoms with van der Waals surface area (Å²) in [6.07, 6.45) is 1.71. The molecular weight excluding hydrogens is 318 g/mol. The van der Waals surface area contributed by atoms with Crippen LogP contribution in [0, 0.1) is 0 Å². The summed E-state index contributed by atoms with van der Waals surface area (Å²) in [5.41, 5.74) is 10.3.